The molecule has 8 heteroatoms. The number of halogens is 2. The van der Waals surface area contributed by atoms with Gasteiger partial charge in [-0.25, -0.2) is 13.6 Å². The summed E-state index contributed by atoms with van der Waals surface area (Å²) in [6.07, 6.45) is 1.46. The summed E-state index contributed by atoms with van der Waals surface area (Å²) in [5, 5.41) is 6.57. The van der Waals surface area contributed by atoms with Crippen molar-refractivity contribution in [1.29, 1.82) is 0 Å². The lowest BCUT2D eigenvalue weighted by molar-refractivity contribution is 0.193. The van der Waals surface area contributed by atoms with Gasteiger partial charge < -0.3 is 14.7 Å². The molecule has 1 N–H and O–H groups in total. The molecule has 3 aromatic rings. The van der Waals surface area contributed by atoms with Crippen LogP contribution in [-0.4, -0.2) is 27.6 Å². The van der Waals surface area contributed by atoms with E-state index in [1.807, 2.05) is 30.3 Å². The third kappa shape index (κ3) is 3.51. The third-order valence-corrected chi connectivity index (χ3v) is 4.44. The van der Waals surface area contributed by atoms with Crippen LogP contribution in [0.4, 0.5) is 19.3 Å². The molecule has 1 atom stereocenters. The molecule has 1 unspecified atom stereocenters. The first-order valence-electron chi connectivity index (χ1n) is 8.53. The number of rotatable bonds is 3. The number of carbonyl (C=O) groups is 1. The second-order valence-electron chi connectivity index (χ2n) is 6.23. The number of hydrogen-bond donors (Lipinski definition) is 1. The normalized spacial score (nSPS) is 16.5. The quantitative estimate of drug-likeness (QED) is 0.743. The van der Waals surface area contributed by atoms with E-state index in [-0.39, 0.29) is 11.7 Å². The molecule has 2 aromatic carbocycles. The summed E-state index contributed by atoms with van der Waals surface area (Å²) < 4.78 is 31.8. The zero-order valence-electron chi connectivity index (χ0n) is 14.2. The number of anilines is 1. The Bertz CT molecular complexity index is 961. The van der Waals surface area contributed by atoms with Gasteiger partial charge in [-0.2, -0.15) is 4.98 Å². The van der Waals surface area contributed by atoms with Crippen molar-refractivity contribution in [1.82, 2.24) is 15.0 Å². The molecule has 2 heterocycles. The van der Waals surface area contributed by atoms with Crippen molar-refractivity contribution < 1.29 is 18.1 Å². The molecule has 6 nitrogen and oxygen atoms in total. The summed E-state index contributed by atoms with van der Waals surface area (Å²) in [6, 6.07) is 11.8. The van der Waals surface area contributed by atoms with Gasteiger partial charge in [0.05, 0.1) is 0 Å². The van der Waals surface area contributed by atoms with E-state index in [0.717, 1.165) is 24.1 Å². The maximum Gasteiger partial charge on any atom is 0.322 e. The fourth-order valence-electron chi connectivity index (χ4n) is 3.11. The van der Waals surface area contributed by atoms with E-state index in [9.17, 15) is 13.6 Å². The first kappa shape index (κ1) is 17.1. The predicted octanol–water partition coefficient (Wildman–Crippen LogP) is 4.38. The van der Waals surface area contributed by atoms with E-state index in [0.29, 0.717) is 24.7 Å². The lowest BCUT2D eigenvalue weighted by Crippen LogP contribution is -2.34. The number of urea groups is 1. The van der Waals surface area contributed by atoms with Crippen LogP contribution in [-0.2, 0) is 0 Å². The standard InChI is InChI=1S/C19H16F2N4O2/c20-14-9-8-13(11-15(14)21)22-19(26)25-10-4-7-16(25)18-23-17(24-27-18)12-5-2-1-3-6-12/h1-3,5-6,8-9,11,16H,4,7,10H2,(H,22,26). The number of benzene rings is 2. The van der Waals surface area contributed by atoms with Crippen molar-refractivity contribution in [2.75, 3.05) is 11.9 Å². The summed E-state index contributed by atoms with van der Waals surface area (Å²) in [4.78, 5) is 18.6. The van der Waals surface area contributed by atoms with E-state index in [1.165, 1.54) is 6.07 Å². The van der Waals surface area contributed by atoms with Crippen LogP contribution in [0.15, 0.2) is 53.1 Å². The molecule has 1 aliphatic rings. The lowest BCUT2D eigenvalue weighted by atomic mass is 10.2. The van der Waals surface area contributed by atoms with E-state index in [4.69, 9.17) is 4.52 Å². The minimum atomic E-state index is -1.02. The van der Waals surface area contributed by atoms with E-state index in [2.05, 4.69) is 15.5 Å². The van der Waals surface area contributed by atoms with Gasteiger partial charge in [0.15, 0.2) is 11.6 Å². The van der Waals surface area contributed by atoms with Gasteiger partial charge in [-0.15, -0.1) is 0 Å². The molecule has 0 aliphatic carbocycles. The minimum Gasteiger partial charge on any atom is -0.337 e. The van der Waals surface area contributed by atoms with Crippen LogP contribution in [0.1, 0.15) is 24.8 Å². The highest BCUT2D eigenvalue weighted by atomic mass is 19.2. The Morgan fingerprint density at radius 1 is 1.15 bits per heavy atom. The molecule has 0 spiro atoms. The Morgan fingerprint density at radius 3 is 2.74 bits per heavy atom. The highest BCUT2D eigenvalue weighted by molar-refractivity contribution is 5.89. The number of nitrogens with one attached hydrogen (secondary N) is 1. The number of aromatic nitrogens is 2. The van der Waals surface area contributed by atoms with Crippen LogP contribution in [0.2, 0.25) is 0 Å². The molecule has 0 bridgehead atoms. The van der Waals surface area contributed by atoms with Crippen LogP contribution < -0.4 is 5.32 Å². The molecule has 1 saturated heterocycles. The summed E-state index contributed by atoms with van der Waals surface area (Å²) in [7, 11) is 0. The third-order valence-electron chi connectivity index (χ3n) is 4.44. The Labute approximate surface area is 153 Å². The Kier molecular flexibility index (Phi) is 4.53. The minimum absolute atomic E-state index is 0.181. The zero-order valence-corrected chi connectivity index (χ0v) is 14.2. The zero-order chi connectivity index (χ0) is 18.8. The van der Waals surface area contributed by atoms with Crippen LogP contribution in [0, 0.1) is 11.6 Å². The maximum atomic E-state index is 13.3. The van der Waals surface area contributed by atoms with Crippen molar-refractivity contribution in [3.8, 4) is 11.4 Å². The van der Waals surface area contributed by atoms with Crippen LogP contribution in [0.5, 0.6) is 0 Å². The average molecular weight is 370 g/mol. The van der Waals surface area contributed by atoms with Crippen LogP contribution in [0.3, 0.4) is 0 Å². The second kappa shape index (κ2) is 7.14. The van der Waals surface area contributed by atoms with E-state index < -0.39 is 17.7 Å². The summed E-state index contributed by atoms with van der Waals surface area (Å²) >= 11 is 0. The molecule has 4 rings (SSSR count). The summed E-state index contributed by atoms with van der Waals surface area (Å²) in [6.45, 7) is 0.503. The number of hydrogen-bond acceptors (Lipinski definition) is 4. The van der Waals surface area contributed by atoms with Gasteiger partial charge in [-0.3, -0.25) is 0 Å². The number of amides is 2. The predicted molar refractivity (Wildman–Crippen MR) is 93.8 cm³/mol. The van der Waals surface area contributed by atoms with Gasteiger partial charge in [0.1, 0.15) is 6.04 Å². The SMILES string of the molecule is O=C(Nc1ccc(F)c(F)c1)N1CCCC1c1nc(-c2ccccc2)no1. The molecular weight excluding hydrogens is 354 g/mol. The molecule has 1 aliphatic heterocycles. The monoisotopic (exact) mass is 370 g/mol. The average Bonchev–Trinajstić information content (AvgIpc) is 3.34. The number of nitrogens with zero attached hydrogens (tertiary/aromatic N) is 3. The van der Waals surface area contributed by atoms with Crippen LogP contribution in [0.25, 0.3) is 11.4 Å². The molecule has 138 valence electrons. The smallest absolute Gasteiger partial charge is 0.322 e. The van der Waals surface area contributed by atoms with Crippen LogP contribution >= 0.6 is 0 Å². The van der Waals surface area contributed by atoms with Gasteiger partial charge in [0, 0.05) is 23.9 Å². The van der Waals surface area contributed by atoms with E-state index in [1.54, 1.807) is 4.90 Å². The van der Waals surface area contributed by atoms with Crippen molar-refractivity contribution >= 4 is 11.7 Å². The summed E-state index contributed by atoms with van der Waals surface area (Å²) in [5.74, 6) is -1.17. The Hall–Kier alpha value is -3.29. The first-order valence-corrected chi connectivity index (χ1v) is 8.53. The van der Waals surface area contributed by atoms with Gasteiger partial charge in [0.25, 0.3) is 0 Å². The first-order chi connectivity index (χ1) is 13.1. The molecular formula is C19H16F2N4O2. The molecule has 2 amide bonds. The molecule has 0 radical (unpaired) electrons. The van der Waals surface area contributed by atoms with Gasteiger partial charge in [0.2, 0.25) is 11.7 Å². The Morgan fingerprint density at radius 2 is 1.96 bits per heavy atom. The van der Waals surface area contributed by atoms with Crippen molar-refractivity contribution in [2.24, 2.45) is 0 Å². The van der Waals surface area contributed by atoms with E-state index >= 15 is 0 Å². The van der Waals surface area contributed by atoms with Crippen molar-refractivity contribution in [3.05, 3.63) is 66.1 Å². The highest BCUT2D eigenvalue weighted by Crippen LogP contribution is 2.32. The van der Waals surface area contributed by atoms with Gasteiger partial charge in [-0.1, -0.05) is 35.5 Å². The second-order valence-corrected chi connectivity index (χ2v) is 6.23. The molecule has 1 aromatic heterocycles. The van der Waals surface area contributed by atoms with Gasteiger partial charge in [-0.05, 0) is 25.0 Å². The molecule has 27 heavy (non-hydrogen) atoms. The largest absolute Gasteiger partial charge is 0.337 e. The lowest BCUT2D eigenvalue weighted by Gasteiger charge is -2.22. The fourth-order valence-corrected chi connectivity index (χ4v) is 3.11. The molecule has 1 fully saturated rings. The van der Waals surface area contributed by atoms with Crippen molar-refractivity contribution in [3.63, 3.8) is 0 Å². The summed E-state index contributed by atoms with van der Waals surface area (Å²) in [5.41, 5.74) is 1.00. The number of likely N-dealkylation sites (tertiary alicyclic amines) is 1. The Balaban J connectivity index is 1.51. The topological polar surface area (TPSA) is 71.3 Å². The highest BCUT2D eigenvalue weighted by Gasteiger charge is 2.34. The van der Waals surface area contributed by atoms with Gasteiger partial charge >= 0.3 is 6.03 Å². The molecule has 0 saturated carbocycles. The maximum absolute atomic E-state index is 13.3. The van der Waals surface area contributed by atoms with Crippen molar-refractivity contribution in [2.45, 2.75) is 18.9 Å². The number of carbonyl (C=O) groups excluding carboxylic acids is 1. The fraction of sp³-hybridized carbons (Fsp3) is 0.211.